The number of anilines is 2. The first-order chi connectivity index (χ1) is 12.6. The Morgan fingerprint density at radius 2 is 1.65 bits per heavy atom. The molecule has 6 nitrogen and oxygen atoms in total. The predicted octanol–water partition coefficient (Wildman–Crippen LogP) is 3.73. The van der Waals surface area contributed by atoms with E-state index in [1.54, 1.807) is 48.0 Å². The fraction of sp³-hybridized carbons (Fsp3) is 0.158. The number of nitrogens with one attached hydrogen (secondary N) is 2. The molecule has 0 saturated heterocycles. The number of thiazole rings is 1. The molecule has 0 bridgehead atoms. The topological polar surface area (TPSA) is 84.0 Å². The van der Waals surface area contributed by atoms with Gasteiger partial charge in [0.05, 0.1) is 5.69 Å². The van der Waals surface area contributed by atoms with Gasteiger partial charge in [-0.05, 0) is 42.8 Å². The molecule has 132 valence electrons. The van der Waals surface area contributed by atoms with Crippen molar-refractivity contribution < 1.29 is 9.59 Å². The van der Waals surface area contributed by atoms with E-state index in [4.69, 9.17) is 0 Å². The number of carbonyl (C=O) groups excluding carboxylic acids is 2. The first-order valence-electron chi connectivity index (χ1n) is 8.12. The average Bonchev–Trinajstić information content (AvgIpc) is 3.11. The molecule has 0 fully saturated rings. The number of pyridine rings is 1. The van der Waals surface area contributed by atoms with Crippen molar-refractivity contribution in [3.63, 3.8) is 0 Å². The molecule has 0 radical (unpaired) electrons. The fourth-order valence-electron chi connectivity index (χ4n) is 2.35. The van der Waals surface area contributed by atoms with Crippen molar-refractivity contribution in [3.8, 4) is 10.6 Å². The molecule has 2 heterocycles. The molecule has 3 rings (SSSR count). The van der Waals surface area contributed by atoms with Crippen molar-refractivity contribution in [1.29, 1.82) is 0 Å². The van der Waals surface area contributed by atoms with Crippen LogP contribution in [0.1, 0.15) is 19.0 Å². The average molecular weight is 366 g/mol. The van der Waals surface area contributed by atoms with Crippen LogP contribution in [0, 0.1) is 0 Å². The molecule has 2 aromatic heterocycles. The van der Waals surface area contributed by atoms with Crippen LogP contribution in [0.15, 0.2) is 54.2 Å². The van der Waals surface area contributed by atoms with Gasteiger partial charge in [0, 0.05) is 48.1 Å². The Labute approximate surface area is 155 Å². The highest BCUT2D eigenvalue weighted by atomic mass is 32.1. The summed E-state index contributed by atoms with van der Waals surface area (Å²) in [4.78, 5) is 31.7. The summed E-state index contributed by atoms with van der Waals surface area (Å²) in [5.41, 5.74) is 3.32. The van der Waals surface area contributed by atoms with Crippen molar-refractivity contribution in [1.82, 2.24) is 9.97 Å². The third-order valence-electron chi connectivity index (χ3n) is 3.58. The number of rotatable bonds is 6. The lowest BCUT2D eigenvalue weighted by molar-refractivity contribution is -0.116. The van der Waals surface area contributed by atoms with E-state index in [1.807, 2.05) is 17.5 Å². The van der Waals surface area contributed by atoms with Gasteiger partial charge in [-0.1, -0.05) is 0 Å². The van der Waals surface area contributed by atoms with Gasteiger partial charge in [0.1, 0.15) is 5.01 Å². The normalized spacial score (nSPS) is 10.3. The molecule has 0 aliphatic carbocycles. The second kappa shape index (κ2) is 8.35. The van der Waals surface area contributed by atoms with Crippen molar-refractivity contribution in [3.05, 3.63) is 59.9 Å². The molecule has 0 saturated carbocycles. The van der Waals surface area contributed by atoms with Gasteiger partial charge >= 0.3 is 0 Å². The third-order valence-corrected chi connectivity index (χ3v) is 4.52. The van der Waals surface area contributed by atoms with Gasteiger partial charge in [-0.3, -0.25) is 14.6 Å². The summed E-state index contributed by atoms with van der Waals surface area (Å²) in [5, 5.41) is 8.44. The number of hydrogen-bond donors (Lipinski definition) is 2. The van der Waals surface area contributed by atoms with Gasteiger partial charge in [0.25, 0.3) is 0 Å². The van der Waals surface area contributed by atoms with Gasteiger partial charge in [-0.2, -0.15) is 0 Å². The van der Waals surface area contributed by atoms with Gasteiger partial charge in [-0.15, -0.1) is 11.3 Å². The maximum Gasteiger partial charge on any atom is 0.224 e. The van der Waals surface area contributed by atoms with E-state index in [1.165, 1.54) is 6.92 Å². The molecule has 2 N–H and O–H groups in total. The Kier molecular flexibility index (Phi) is 5.70. The lowest BCUT2D eigenvalue weighted by Crippen LogP contribution is -2.12. The number of benzene rings is 1. The Morgan fingerprint density at radius 1 is 1.00 bits per heavy atom. The van der Waals surface area contributed by atoms with E-state index >= 15 is 0 Å². The largest absolute Gasteiger partial charge is 0.326 e. The molecule has 1 aromatic carbocycles. The molecule has 0 atom stereocenters. The summed E-state index contributed by atoms with van der Waals surface area (Å²) in [7, 11) is 0. The van der Waals surface area contributed by atoms with Crippen molar-refractivity contribution in [2.75, 3.05) is 10.6 Å². The number of carbonyl (C=O) groups is 2. The summed E-state index contributed by atoms with van der Waals surface area (Å²) in [6.07, 6.45) is 4.41. The monoisotopic (exact) mass is 366 g/mol. The molecule has 0 unspecified atom stereocenters. The number of amides is 2. The quantitative estimate of drug-likeness (QED) is 0.696. The van der Waals surface area contributed by atoms with Crippen LogP contribution in [0.25, 0.3) is 10.6 Å². The van der Waals surface area contributed by atoms with E-state index in [0.29, 0.717) is 24.2 Å². The third kappa shape index (κ3) is 4.97. The maximum absolute atomic E-state index is 12.1. The lowest BCUT2D eigenvalue weighted by atomic mass is 10.2. The van der Waals surface area contributed by atoms with Crippen LogP contribution < -0.4 is 10.6 Å². The standard InChI is InChI=1S/C19H18N4O2S/c1-13(24)21-15-2-4-16(5-3-15)22-18(25)7-6-17-12-26-19(23-17)14-8-10-20-11-9-14/h2-5,8-12H,6-7H2,1H3,(H,21,24)(H,22,25). The molecule has 3 aromatic rings. The van der Waals surface area contributed by atoms with Crippen LogP contribution in [-0.4, -0.2) is 21.8 Å². The van der Waals surface area contributed by atoms with Crippen LogP contribution >= 0.6 is 11.3 Å². The van der Waals surface area contributed by atoms with Crippen LogP contribution in [0.4, 0.5) is 11.4 Å². The Balaban J connectivity index is 1.51. The summed E-state index contributed by atoms with van der Waals surface area (Å²) in [5.74, 6) is -0.202. The maximum atomic E-state index is 12.1. The zero-order valence-electron chi connectivity index (χ0n) is 14.2. The van der Waals surface area contributed by atoms with Crippen LogP contribution in [-0.2, 0) is 16.0 Å². The van der Waals surface area contributed by atoms with E-state index in [0.717, 1.165) is 16.3 Å². The van der Waals surface area contributed by atoms with Gasteiger partial charge in [0.2, 0.25) is 11.8 Å². The predicted molar refractivity (Wildman–Crippen MR) is 103 cm³/mol. The van der Waals surface area contributed by atoms with E-state index in [2.05, 4.69) is 20.6 Å². The fourth-order valence-corrected chi connectivity index (χ4v) is 3.21. The number of aryl methyl sites for hydroxylation is 1. The lowest BCUT2D eigenvalue weighted by Gasteiger charge is -2.06. The Bertz CT molecular complexity index is 891. The zero-order chi connectivity index (χ0) is 18.4. The molecule has 0 spiro atoms. The highest BCUT2D eigenvalue weighted by Crippen LogP contribution is 2.23. The molecule has 2 amide bonds. The summed E-state index contributed by atoms with van der Waals surface area (Å²) < 4.78 is 0. The SMILES string of the molecule is CC(=O)Nc1ccc(NC(=O)CCc2csc(-c3ccncc3)n2)cc1. The van der Waals surface area contributed by atoms with Crippen LogP contribution in [0.5, 0.6) is 0 Å². The van der Waals surface area contributed by atoms with Crippen LogP contribution in [0.3, 0.4) is 0 Å². The molecular formula is C19H18N4O2S. The van der Waals surface area contributed by atoms with Crippen molar-refractivity contribution >= 4 is 34.5 Å². The summed E-state index contributed by atoms with van der Waals surface area (Å²) in [6.45, 7) is 1.45. The number of nitrogens with zero attached hydrogens (tertiary/aromatic N) is 2. The molecule has 0 aliphatic rings. The molecule has 0 aliphatic heterocycles. The molecule has 26 heavy (non-hydrogen) atoms. The number of hydrogen-bond acceptors (Lipinski definition) is 5. The van der Waals surface area contributed by atoms with Crippen molar-refractivity contribution in [2.24, 2.45) is 0 Å². The molecule has 7 heteroatoms. The second-order valence-electron chi connectivity index (χ2n) is 5.69. The summed E-state index contributed by atoms with van der Waals surface area (Å²) in [6, 6.07) is 10.8. The first kappa shape index (κ1) is 17.8. The zero-order valence-corrected chi connectivity index (χ0v) is 15.0. The van der Waals surface area contributed by atoms with Crippen LogP contribution in [0.2, 0.25) is 0 Å². The number of aromatic nitrogens is 2. The minimum absolute atomic E-state index is 0.0734. The van der Waals surface area contributed by atoms with Gasteiger partial charge < -0.3 is 10.6 Å². The smallest absolute Gasteiger partial charge is 0.224 e. The van der Waals surface area contributed by atoms with E-state index < -0.39 is 0 Å². The van der Waals surface area contributed by atoms with E-state index in [-0.39, 0.29) is 11.8 Å². The Hall–Kier alpha value is -3.06. The minimum atomic E-state index is -0.129. The van der Waals surface area contributed by atoms with Gasteiger partial charge in [0.15, 0.2) is 0 Å². The van der Waals surface area contributed by atoms with E-state index in [9.17, 15) is 9.59 Å². The second-order valence-corrected chi connectivity index (χ2v) is 6.54. The molecular weight excluding hydrogens is 348 g/mol. The Morgan fingerprint density at radius 3 is 2.31 bits per heavy atom. The highest BCUT2D eigenvalue weighted by Gasteiger charge is 2.08. The van der Waals surface area contributed by atoms with Crippen molar-refractivity contribution in [2.45, 2.75) is 19.8 Å². The highest BCUT2D eigenvalue weighted by molar-refractivity contribution is 7.13. The van der Waals surface area contributed by atoms with Gasteiger partial charge in [-0.25, -0.2) is 4.98 Å². The summed E-state index contributed by atoms with van der Waals surface area (Å²) >= 11 is 1.56. The first-order valence-corrected chi connectivity index (χ1v) is 9.00. The minimum Gasteiger partial charge on any atom is -0.326 e.